The fourth-order valence-electron chi connectivity index (χ4n) is 1.61. The first-order chi connectivity index (χ1) is 6.20. The first kappa shape index (κ1) is 12.7. The van der Waals surface area contributed by atoms with Crippen molar-refractivity contribution in [1.82, 2.24) is 0 Å². The molecule has 1 heteroatoms. The largest absolute Gasteiger partial charge is 0.330 e. The van der Waals surface area contributed by atoms with E-state index in [4.69, 9.17) is 5.73 Å². The van der Waals surface area contributed by atoms with Crippen molar-refractivity contribution in [2.24, 2.45) is 11.7 Å². The van der Waals surface area contributed by atoms with Crippen LogP contribution in [-0.2, 0) is 0 Å². The second-order valence-electron chi connectivity index (χ2n) is 4.09. The molecule has 0 saturated heterocycles. The Hall–Kier alpha value is -0.300. The van der Waals surface area contributed by atoms with Crippen molar-refractivity contribution < 1.29 is 0 Å². The fraction of sp³-hybridized carbons (Fsp3) is 0.833. The lowest BCUT2D eigenvalue weighted by Gasteiger charge is -2.11. The van der Waals surface area contributed by atoms with Crippen molar-refractivity contribution in [3.63, 3.8) is 0 Å². The maximum absolute atomic E-state index is 5.50. The Kier molecular flexibility index (Phi) is 8.11. The predicted molar refractivity (Wildman–Crippen MR) is 60.7 cm³/mol. The lowest BCUT2D eigenvalue weighted by atomic mass is 9.96. The van der Waals surface area contributed by atoms with Gasteiger partial charge in [-0.25, -0.2) is 0 Å². The highest BCUT2D eigenvalue weighted by molar-refractivity contribution is 4.94. The van der Waals surface area contributed by atoms with Gasteiger partial charge in [0.25, 0.3) is 0 Å². The molecular formula is C12H25N. The standard InChI is InChI=1S/C12H25N/c1-4-5-6-7-11(2)10-12(3)8-9-13/h12H,2,4-10,13H2,1,3H3/t12-/m0/s1. The van der Waals surface area contributed by atoms with Gasteiger partial charge in [-0.15, -0.1) is 0 Å². The second-order valence-corrected chi connectivity index (χ2v) is 4.09. The Morgan fingerprint density at radius 3 is 2.62 bits per heavy atom. The van der Waals surface area contributed by atoms with Crippen LogP contribution in [0.3, 0.4) is 0 Å². The van der Waals surface area contributed by atoms with Gasteiger partial charge in [0, 0.05) is 0 Å². The van der Waals surface area contributed by atoms with Crippen molar-refractivity contribution in [2.75, 3.05) is 6.54 Å². The van der Waals surface area contributed by atoms with Crippen molar-refractivity contribution in [2.45, 2.75) is 52.4 Å². The van der Waals surface area contributed by atoms with E-state index in [0.717, 1.165) is 18.9 Å². The molecule has 0 rings (SSSR count). The Balaban J connectivity index is 3.38. The molecule has 1 nitrogen and oxygen atoms in total. The third kappa shape index (κ3) is 8.04. The molecule has 0 saturated carbocycles. The topological polar surface area (TPSA) is 26.0 Å². The summed E-state index contributed by atoms with van der Waals surface area (Å²) < 4.78 is 0. The van der Waals surface area contributed by atoms with Gasteiger partial charge < -0.3 is 5.73 Å². The average Bonchev–Trinajstić information content (AvgIpc) is 2.05. The smallest absolute Gasteiger partial charge is 0.00746 e. The molecule has 1 atom stereocenters. The summed E-state index contributed by atoms with van der Waals surface area (Å²) >= 11 is 0. The number of hydrogen-bond acceptors (Lipinski definition) is 1. The number of rotatable bonds is 8. The lowest BCUT2D eigenvalue weighted by molar-refractivity contribution is 0.523. The van der Waals surface area contributed by atoms with Gasteiger partial charge in [0.05, 0.1) is 0 Å². The van der Waals surface area contributed by atoms with Crippen molar-refractivity contribution in [3.05, 3.63) is 12.2 Å². The molecule has 13 heavy (non-hydrogen) atoms. The molecule has 0 amide bonds. The Labute approximate surface area is 83.4 Å². The van der Waals surface area contributed by atoms with Crippen molar-refractivity contribution in [1.29, 1.82) is 0 Å². The normalized spacial score (nSPS) is 12.8. The summed E-state index contributed by atoms with van der Waals surface area (Å²) in [7, 11) is 0. The monoisotopic (exact) mass is 183 g/mol. The molecule has 0 aliphatic heterocycles. The molecule has 0 unspecified atom stereocenters. The predicted octanol–water partition coefficient (Wildman–Crippen LogP) is 3.50. The lowest BCUT2D eigenvalue weighted by Crippen LogP contribution is -2.06. The zero-order valence-electron chi connectivity index (χ0n) is 9.31. The van der Waals surface area contributed by atoms with E-state index in [1.807, 2.05) is 0 Å². The first-order valence-corrected chi connectivity index (χ1v) is 5.57. The van der Waals surface area contributed by atoms with E-state index < -0.39 is 0 Å². The molecule has 0 aromatic carbocycles. The highest BCUT2D eigenvalue weighted by atomic mass is 14.5. The summed E-state index contributed by atoms with van der Waals surface area (Å²) in [6, 6.07) is 0. The molecular weight excluding hydrogens is 158 g/mol. The van der Waals surface area contributed by atoms with Gasteiger partial charge in [-0.2, -0.15) is 0 Å². The number of nitrogens with two attached hydrogens (primary N) is 1. The minimum absolute atomic E-state index is 0.721. The van der Waals surface area contributed by atoms with Crippen LogP contribution in [0.5, 0.6) is 0 Å². The van der Waals surface area contributed by atoms with Gasteiger partial charge in [0.2, 0.25) is 0 Å². The van der Waals surface area contributed by atoms with Gasteiger partial charge in [-0.05, 0) is 38.1 Å². The second kappa shape index (κ2) is 8.31. The van der Waals surface area contributed by atoms with Gasteiger partial charge in [0.1, 0.15) is 0 Å². The van der Waals surface area contributed by atoms with Crippen LogP contribution in [0, 0.1) is 5.92 Å². The molecule has 0 aliphatic rings. The molecule has 0 aromatic rings. The number of unbranched alkanes of at least 4 members (excludes halogenated alkanes) is 2. The van der Waals surface area contributed by atoms with Gasteiger partial charge >= 0.3 is 0 Å². The van der Waals surface area contributed by atoms with Crippen LogP contribution in [0.4, 0.5) is 0 Å². The SMILES string of the molecule is C=C(CCCCC)C[C@@H](C)CCN. The molecule has 0 heterocycles. The maximum atomic E-state index is 5.50. The highest BCUT2D eigenvalue weighted by Crippen LogP contribution is 2.17. The minimum atomic E-state index is 0.721. The first-order valence-electron chi connectivity index (χ1n) is 5.57. The van der Waals surface area contributed by atoms with E-state index in [0.29, 0.717) is 0 Å². The summed E-state index contributed by atoms with van der Waals surface area (Å²) in [5, 5.41) is 0. The quantitative estimate of drug-likeness (QED) is 0.452. The maximum Gasteiger partial charge on any atom is -0.00746 e. The van der Waals surface area contributed by atoms with Crippen molar-refractivity contribution >= 4 is 0 Å². The van der Waals surface area contributed by atoms with Crippen LogP contribution in [0.2, 0.25) is 0 Å². The van der Waals surface area contributed by atoms with Gasteiger partial charge in [-0.1, -0.05) is 38.8 Å². The molecule has 2 N–H and O–H groups in total. The molecule has 0 radical (unpaired) electrons. The number of hydrogen-bond donors (Lipinski definition) is 1. The van der Waals surface area contributed by atoms with E-state index in [1.54, 1.807) is 0 Å². The number of allylic oxidation sites excluding steroid dienone is 1. The Morgan fingerprint density at radius 2 is 2.08 bits per heavy atom. The highest BCUT2D eigenvalue weighted by Gasteiger charge is 2.02. The van der Waals surface area contributed by atoms with Crippen molar-refractivity contribution in [3.8, 4) is 0 Å². The van der Waals surface area contributed by atoms with Crippen LogP contribution in [0.15, 0.2) is 12.2 Å². The average molecular weight is 183 g/mol. The van der Waals surface area contributed by atoms with E-state index in [1.165, 1.54) is 37.7 Å². The zero-order chi connectivity index (χ0) is 10.1. The van der Waals surface area contributed by atoms with Crippen LogP contribution < -0.4 is 5.73 Å². The molecule has 0 aliphatic carbocycles. The third-order valence-electron chi connectivity index (χ3n) is 2.43. The molecule has 0 spiro atoms. The zero-order valence-corrected chi connectivity index (χ0v) is 9.31. The molecule has 0 fully saturated rings. The van der Waals surface area contributed by atoms with Gasteiger partial charge in [-0.3, -0.25) is 0 Å². The van der Waals surface area contributed by atoms with Crippen LogP contribution >= 0.6 is 0 Å². The molecule has 78 valence electrons. The Bertz CT molecular complexity index is 129. The van der Waals surface area contributed by atoms with E-state index in [9.17, 15) is 0 Å². The minimum Gasteiger partial charge on any atom is -0.330 e. The molecule has 0 aromatic heterocycles. The van der Waals surface area contributed by atoms with E-state index in [2.05, 4.69) is 20.4 Å². The third-order valence-corrected chi connectivity index (χ3v) is 2.43. The molecule has 0 bridgehead atoms. The fourth-order valence-corrected chi connectivity index (χ4v) is 1.61. The van der Waals surface area contributed by atoms with E-state index in [-0.39, 0.29) is 0 Å². The summed E-state index contributed by atoms with van der Waals surface area (Å²) in [6.45, 7) is 9.41. The summed E-state index contributed by atoms with van der Waals surface area (Å²) in [5.74, 6) is 0.721. The summed E-state index contributed by atoms with van der Waals surface area (Å²) in [4.78, 5) is 0. The Morgan fingerprint density at radius 1 is 1.38 bits per heavy atom. The summed E-state index contributed by atoms with van der Waals surface area (Å²) in [6.07, 6.45) is 7.46. The summed E-state index contributed by atoms with van der Waals surface area (Å²) in [5.41, 5.74) is 6.91. The van der Waals surface area contributed by atoms with E-state index >= 15 is 0 Å². The van der Waals surface area contributed by atoms with Crippen LogP contribution in [0.1, 0.15) is 52.4 Å². The van der Waals surface area contributed by atoms with Crippen LogP contribution in [0.25, 0.3) is 0 Å². The van der Waals surface area contributed by atoms with Gasteiger partial charge in [0.15, 0.2) is 0 Å². The van der Waals surface area contributed by atoms with Crippen LogP contribution in [-0.4, -0.2) is 6.54 Å².